The third kappa shape index (κ3) is 3.61. The number of H-pyrrole nitrogens is 1. The zero-order valence-electron chi connectivity index (χ0n) is 12.6. The highest BCUT2D eigenvalue weighted by Crippen LogP contribution is 2.22. The summed E-state index contributed by atoms with van der Waals surface area (Å²) in [5, 5.41) is 10.6. The predicted molar refractivity (Wildman–Crippen MR) is 83.7 cm³/mol. The van der Waals surface area contributed by atoms with E-state index < -0.39 is 0 Å². The Kier molecular flexibility index (Phi) is 5.18. The lowest BCUT2D eigenvalue weighted by Crippen LogP contribution is -2.23. The predicted octanol–water partition coefficient (Wildman–Crippen LogP) is 3.42. The van der Waals surface area contributed by atoms with Crippen LogP contribution in [-0.2, 0) is 6.54 Å². The first-order valence-electron chi connectivity index (χ1n) is 7.30. The minimum atomic E-state index is 0.218. The van der Waals surface area contributed by atoms with Crippen LogP contribution in [0.3, 0.4) is 0 Å². The van der Waals surface area contributed by atoms with Gasteiger partial charge in [0.2, 0.25) is 0 Å². The molecule has 108 valence electrons. The molecular formula is C16H24N4. The summed E-state index contributed by atoms with van der Waals surface area (Å²) in [6.07, 6.45) is 1.79. The first-order chi connectivity index (χ1) is 9.74. The summed E-state index contributed by atoms with van der Waals surface area (Å²) in [5.41, 5.74) is 3.63. The van der Waals surface area contributed by atoms with Crippen molar-refractivity contribution in [3.8, 4) is 0 Å². The molecule has 1 atom stereocenters. The Hall–Kier alpha value is -1.81. The van der Waals surface area contributed by atoms with E-state index >= 15 is 0 Å². The molecule has 1 heterocycles. The van der Waals surface area contributed by atoms with E-state index in [1.54, 1.807) is 6.20 Å². The average Bonchev–Trinajstić information content (AvgIpc) is 3.00. The highest BCUT2D eigenvalue weighted by atomic mass is 15.1. The first kappa shape index (κ1) is 14.6. The van der Waals surface area contributed by atoms with E-state index in [-0.39, 0.29) is 6.04 Å². The Morgan fingerprint density at radius 1 is 1.20 bits per heavy atom. The number of nitrogens with one attached hydrogen (secondary N) is 2. The zero-order chi connectivity index (χ0) is 14.4. The molecule has 1 aromatic carbocycles. The lowest BCUT2D eigenvalue weighted by Gasteiger charge is -2.22. The van der Waals surface area contributed by atoms with Crippen molar-refractivity contribution >= 4 is 5.69 Å². The van der Waals surface area contributed by atoms with Crippen molar-refractivity contribution < 1.29 is 0 Å². The van der Waals surface area contributed by atoms with Gasteiger partial charge in [-0.2, -0.15) is 5.10 Å². The van der Waals surface area contributed by atoms with Crippen LogP contribution >= 0.6 is 0 Å². The normalized spacial score (nSPS) is 12.6. The number of anilines is 1. The van der Waals surface area contributed by atoms with Gasteiger partial charge in [-0.1, -0.05) is 32.0 Å². The maximum atomic E-state index is 4.01. The smallest absolute Gasteiger partial charge is 0.0651 e. The third-order valence-electron chi connectivity index (χ3n) is 3.67. The Morgan fingerprint density at radius 2 is 1.95 bits per heavy atom. The molecule has 1 unspecified atom stereocenters. The summed E-state index contributed by atoms with van der Waals surface area (Å²) < 4.78 is 0. The standard InChI is InChI=1S/C16H24N4/c1-4-20(5-2)12-14-8-6-7-9-16(14)18-13(3)15-10-11-17-19-15/h6-11,13,18H,4-5,12H2,1-3H3,(H,17,19). The van der Waals surface area contributed by atoms with Gasteiger partial charge in [0.15, 0.2) is 0 Å². The number of aromatic nitrogens is 2. The highest BCUT2D eigenvalue weighted by molar-refractivity contribution is 5.52. The molecule has 1 aromatic heterocycles. The number of nitrogens with zero attached hydrogens (tertiary/aromatic N) is 2. The summed E-state index contributed by atoms with van der Waals surface area (Å²) in [6, 6.07) is 10.7. The fraction of sp³-hybridized carbons (Fsp3) is 0.438. The Balaban J connectivity index is 2.11. The summed E-state index contributed by atoms with van der Waals surface area (Å²) in [4.78, 5) is 2.42. The summed E-state index contributed by atoms with van der Waals surface area (Å²) >= 11 is 0. The highest BCUT2D eigenvalue weighted by Gasteiger charge is 2.10. The fourth-order valence-corrected chi connectivity index (χ4v) is 2.31. The maximum absolute atomic E-state index is 4.01. The maximum Gasteiger partial charge on any atom is 0.0651 e. The van der Waals surface area contributed by atoms with Crippen LogP contribution in [-0.4, -0.2) is 28.2 Å². The molecule has 2 N–H and O–H groups in total. The minimum absolute atomic E-state index is 0.218. The van der Waals surface area contributed by atoms with Crippen LogP contribution in [0.4, 0.5) is 5.69 Å². The SMILES string of the molecule is CCN(CC)Cc1ccccc1NC(C)c1ccn[nH]1. The third-order valence-corrected chi connectivity index (χ3v) is 3.67. The van der Waals surface area contributed by atoms with E-state index in [0.29, 0.717) is 0 Å². The molecule has 0 aliphatic rings. The van der Waals surface area contributed by atoms with E-state index in [0.717, 1.165) is 25.3 Å². The van der Waals surface area contributed by atoms with E-state index in [1.807, 2.05) is 6.07 Å². The van der Waals surface area contributed by atoms with Gasteiger partial charge in [0, 0.05) is 18.4 Å². The Bertz CT molecular complexity index is 503. The first-order valence-corrected chi connectivity index (χ1v) is 7.30. The van der Waals surface area contributed by atoms with Crippen LogP contribution in [0.5, 0.6) is 0 Å². The van der Waals surface area contributed by atoms with Gasteiger partial charge in [0.1, 0.15) is 0 Å². The lowest BCUT2D eigenvalue weighted by molar-refractivity contribution is 0.296. The van der Waals surface area contributed by atoms with Crippen molar-refractivity contribution in [1.82, 2.24) is 15.1 Å². The zero-order valence-corrected chi connectivity index (χ0v) is 12.6. The van der Waals surface area contributed by atoms with Crippen LogP contribution in [0.25, 0.3) is 0 Å². The average molecular weight is 272 g/mol. The van der Waals surface area contributed by atoms with Gasteiger partial charge in [0.25, 0.3) is 0 Å². The largest absolute Gasteiger partial charge is 0.377 e. The van der Waals surface area contributed by atoms with Crippen molar-refractivity contribution in [1.29, 1.82) is 0 Å². The molecular weight excluding hydrogens is 248 g/mol. The quantitative estimate of drug-likeness (QED) is 0.811. The van der Waals surface area contributed by atoms with Gasteiger partial charge in [-0.25, -0.2) is 0 Å². The van der Waals surface area contributed by atoms with Gasteiger partial charge in [0.05, 0.1) is 11.7 Å². The number of hydrogen-bond donors (Lipinski definition) is 2. The molecule has 4 nitrogen and oxygen atoms in total. The molecule has 0 bridgehead atoms. The van der Waals surface area contributed by atoms with Crippen molar-refractivity contribution in [3.63, 3.8) is 0 Å². The molecule has 2 rings (SSSR count). The minimum Gasteiger partial charge on any atom is -0.377 e. The van der Waals surface area contributed by atoms with Gasteiger partial charge in [-0.05, 0) is 37.7 Å². The summed E-state index contributed by atoms with van der Waals surface area (Å²) in [5.74, 6) is 0. The van der Waals surface area contributed by atoms with Crippen LogP contribution < -0.4 is 5.32 Å². The van der Waals surface area contributed by atoms with Crippen LogP contribution in [0.15, 0.2) is 36.5 Å². The summed E-state index contributed by atoms with van der Waals surface area (Å²) in [7, 11) is 0. The Labute approximate surface area is 121 Å². The van der Waals surface area contributed by atoms with E-state index in [2.05, 4.69) is 65.5 Å². The second-order valence-corrected chi connectivity index (χ2v) is 5.00. The molecule has 0 fully saturated rings. The number of rotatable bonds is 7. The van der Waals surface area contributed by atoms with E-state index in [9.17, 15) is 0 Å². The topological polar surface area (TPSA) is 44.0 Å². The Morgan fingerprint density at radius 3 is 2.60 bits per heavy atom. The molecule has 0 saturated heterocycles. The van der Waals surface area contributed by atoms with E-state index in [1.165, 1.54) is 11.3 Å². The number of para-hydroxylation sites is 1. The second kappa shape index (κ2) is 7.10. The lowest BCUT2D eigenvalue weighted by atomic mass is 10.1. The monoisotopic (exact) mass is 272 g/mol. The molecule has 0 aliphatic carbocycles. The van der Waals surface area contributed by atoms with Gasteiger partial charge >= 0.3 is 0 Å². The number of hydrogen-bond acceptors (Lipinski definition) is 3. The number of benzene rings is 1. The number of aromatic amines is 1. The fourth-order valence-electron chi connectivity index (χ4n) is 2.31. The van der Waals surface area contributed by atoms with Gasteiger partial charge in [-0.15, -0.1) is 0 Å². The van der Waals surface area contributed by atoms with Gasteiger partial charge in [-0.3, -0.25) is 10.00 Å². The van der Waals surface area contributed by atoms with Crippen LogP contribution in [0.1, 0.15) is 38.1 Å². The van der Waals surface area contributed by atoms with Gasteiger partial charge < -0.3 is 5.32 Å². The summed E-state index contributed by atoms with van der Waals surface area (Å²) in [6.45, 7) is 9.66. The van der Waals surface area contributed by atoms with E-state index in [4.69, 9.17) is 0 Å². The molecule has 20 heavy (non-hydrogen) atoms. The molecule has 0 radical (unpaired) electrons. The van der Waals surface area contributed by atoms with Crippen LogP contribution in [0, 0.1) is 0 Å². The molecule has 0 amide bonds. The van der Waals surface area contributed by atoms with Crippen molar-refractivity contribution in [2.24, 2.45) is 0 Å². The molecule has 4 heteroatoms. The van der Waals surface area contributed by atoms with Crippen LogP contribution in [0.2, 0.25) is 0 Å². The molecule has 2 aromatic rings. The molecule has 0 saturated carbocycles. The second-order valence-electron chi connectivity index (χ2n) is 5.00. The van der Waals surface area contributed by atoms with Crippen molar-refractivity contribution in [3.05, 3.63) is 47.8 Å². The molecule has 0 spiro atoms. The van der Waals surface area contributed by atoms with Crippen molar-refractivity contribution in [2.75, 3.05) is 18.4 Å². The molecule has 0 aliphatic heterocycles. The van der Waals surface area contributed by atoms with Crippen molar-refractivity contribution in [2.45, 2.75) is 33.4 Å².